The molecule has 0 saturated carbocycles. The molecule has 0 spiro atoms. The lowest BCUT2D eigenvalue weighted by Crippen LogP contribution is -1.97. The predicted octanol–water partition coefficient (Wildman–Crippen LogP) is 5.43. The zero-order chi connectivity index (χ0) is 13.2. The normalized spacial score (nSPS) is 13.2. The van der Waals surface area contributed by atoms with Gasteiger partial charge in [-0.15, -0.1) is 0 Å². The lowest BCUT2D eigenvalue weighted by atomic mass is 9.90. The molecule has 97 valence electrons. The Hall–Kier alpha value is -1.76. The van der Waals surface area contributed by atoms with Crippen LogP contribution in [0.15, 0.2) is 42.5 Å². The number of hydrogen-bond donors (Lipinski definition) is 1. The van der Waals surface area contributed by atoms with Gasteiger partial charge in [0.15, 0.2) is 0 Å². The Kier molecular flexibility index (Phi) is 3.29. The molecule has 0 amide bonds. The first kappa shape index (κ1) is 12.3. The standard InChI is InChI=1S/C18H20N/c1-3-8-13(4-2)14-10-7-11-16-15-9-5-6-12-17(15)19-18(14)16/h5-7,9-13,19H,2-4,8H2,1H3. The number of para-hydroxylation sites is 2. The fourth-order valence-electron chi connectivity index (χ4n) is 3.04. The number of aromatic nitrogens is 1. The summed E-state index contributed by atoms with van der Waals surface area (Å²) in [6.07, 6.45) is 3.37. The molecular formula is C18H20N. The highest BCUT2D eigenvalue weighted by Crippen LogP contribution is 2.34. The summed E-state index contributed by atoms with van der Waals surface area (Å²) in [5.74, 6) is 0.557. The molecule has 3 aromatic rings. The van der Waals surface area contributed by atoms with Gasteiger partial charge in [-0.25, -0.2) is 0 Å². The smallest absolute Gasteiger partial charge is 0.0500 e. The zero-order valence-electron chi connectivity index (χ0n) is 11.4. The van der Waals surface area contributed by atoms with Crippen molar-refractivity contribution in [3.8, 4) is 0 Å². The van der Waals surface area contributed by atoms with Crippen LogP contribution in [0, 0.1) is 6.92 Å². The molecular weight excluding hydrogens is 230 g/mol. The van der Waals surface area contributed by atoms with Crippen LogP contribution < -0.4 is 0 Å². The Labute approximate surface area is 114 Å². The number of hydrogen-bond acceptors (Lipinski definition) is 0. The first-order valence-electron chi connectivity index (χ1n) is 7.13. The topological polar surface area (TPSA) is 15.8 Å². The molecule has 1 N–H and O–H groups in total. The maximum absolute atomic E-state index is 4.13. The summed E-state index contributed by atoms with van der Waals surface area (Å²) in [7, 11) is 0. The van der Waals surface area contributed by atoms with E-state index in [0.29, 0.717) is 5.92 Å². The highest BCUT2D eigenvalue weighted by molar-refractivity contribution is 6.08. The number of benzene rings is 2. The molecule has 0 saturated heterocycles. The van der Waals surface area contributed by atoms with E-state index >= 15 is 0 Å². The van der Waals surface area contributed by atoms with Crippen molar-refractivity contribution in [1.82, 2.24) is 4.98 Å². The summed E-state index contributed by atoms with van der Waals surface area (Å²) in [4.78, 5) is 3.59. The van der Waals surface area contributed by atoms with Gasteiger partial charge in [0.1, 0.15) is 0 Å². The summed E-state index contributed by atoms with van der Waals surface area (Å²) < 4.78 is 0. The maximum Gasteiger partial charge on any atom is 0.0500 e. The lowest BCUT2D eigenvalue weighted by Gasteiger charge is -2.15. The van der Waals surface area contributed by atoms with E-state index in [0.717, 1.165) is 6.42 Å². The van der Waals surface area contributed by atoms with Crippen LogP contribution in [0.3, 0.4) is 0 Å². The van der Waals surface area contributed by atoms with Crippen molar-refractivity contribution in [3.05, 3.63) is 55.0 Å². The molecule has 0 fully saturated rings. The molecule has 1 aromatic heterocycles. The van der Waals surface area contributed by atoms with E-state index in [9.17, 15) is 0 Å². The molecule has 1 heteroatoms. The average molecular weight is 250 g/mol. The van der Waals surface area contributed by atoms with Crippen LogP contribution in [0.25, 0.3) is 21.8 Å². The molecule has 0 bridgehead atoms. The van der Waals surface area contributed by atoms with Gasteiger partial charge in [0.2, 0.25) is 0 Å². The van der Waals surface area contributed by atoms with Crippen molar-refractivity contribution in [2.24, 2.45) is 0 Å². The fourth-order valence-corrected chi connectivity index (χ4v) is 3.04. The summed E-state index contributed by atoms with van der Waals surface area (Å²) in [6, 6.07) is 15.2. The maximum atomic E-state index is 4.13. The van der Waals surface area contributed by atoms with Crippen LogP contribution in [0.2, 0.25) is 0 Å². The van der Waals surface area contributed by atoms with E-state index < -0.39 is 0 Å². The van der Waals surface area contributed by atoms with Crippen LogP contribution in [-0.4, -0.2) is 4.98 Å². The largest absolute Gasteiger partial charge is 0.354 e. The van der Waals surface area contributed by atoms with Crippen molar-refractivity contribution in [1.29, 1.82) is 0 Å². The van der Waals surface area contributed by atoms with E-state index in [1.54, 1.807) is 0 Å². The second-order valence-corrected chi connectivity index (χ2v) is 5.21. The van der Waals surface area contributed by atoms with Crippen molar-refractivity contribution >= 4 is 21.8 Å². The van der Waals surface area contributed by atoms with Gasteiger partial charge in [0.05, 0.1) is 0 Å². The van der Waals surface area contributed by atoms with Crippen LogP contribution >= 0.6 is 0 Å². The average Bonchev–Trinajstić information content (AvgIpc) is 2.83. The Morgan fingerprint density at radius 2 is 1.84 bits per heavy atom. The van der Waals surface area contributed by atoms with E-state index in [1.165, 1.54) is 40.2 Å². The second-order valence-electron chi connectivity index (χ2n) is 5.21. The summed E-state index contributed by atoms with van der Waals surface area (Å²) in [6.45, 7) is 6.37. The summed E-state index contributed by atoms with van der Waals surface area (Å²) in [5.41, 5.74) is 3.95. The van der Waals surface area contributed by atoms with Crippen molar-refractivity contribution in [2.45, 2.75) is 32.1 Å². The molecule has 0 aliphatic heterocycles. The van der Waals surface area contributed by atoms with Gasteiger partial charge >= 0.3 is 0 Å². The van der Waals surface area contributed by atoms with Crippen LogP contribution in [0.1, 0.15) is 37.7 Å². The van der Waals surface area contributed by atoms with Gasteiger partial charge in [-0.1, -0.05) is 56.7 Å². The molecule has 0 aliphatic rings. The Balaban J connectivity index is 2.25. The monoisotopic (exact) mass is 250 g/mol. The van der Waals surface area contributed by atoms with E-state index in [2.05, 4.69) is 61.3 Å². The summed E-state index contributed by atoms with van der Waals surface area (Å²) in [5, 5.41) is 2.65. The molecule has 3 rings (SSSR count). The number of rotatable bonds is 4. The van der Waals surface area contributed by atoms with Gasteiger partial charge in [-0.05, 0) is 30.4 Å². The lowest BCUT2D eigenvalue weighted by molar-refractivity contribution is 0.622. The number of aromatic amines is 1. The molecule has 1 unspecified atom stereocenters. The van der Waals surface area contributed by atoms with Gasteiger partial charge in [-0.2, -0.15) is 0 Å². The Morgan fingerprint density at radius 1 is 1.05 bits per heavy atom. The molecule has 0 aliphatic carbocycles. The molecule has 19 heavy (non-hydrogen) atoms. The molecule has 1 atom stereocenters. The predicted molar refractivity (Wildman–Crippen MR) is 83.4 cm³/mol. The van der Waals surface area contributed by atoms with Gasteiger partial charge in [0.25, 0.3) is 0 Å². The first-order chi connectivity index (χ1) is 9.35. The molecule has 1 radical (unpaired) electrons. The van der Waals surface area contributed by atoms with E-state index in [-0.39, 0.29) is 0 Å². The van der Waals surface area contributed by atoms with Crippen molar-refractivity contribution in [2.75, 3.05) is 0 Å². The summed E-state index contributed by atoms with van der Waals surface area (Å²) >= 11 is 0. The fraction of sp³-hybridized carbons (Fsp3) is 0.278. The minimum absolute atomic E-state index is 0.557. The van der Waals surface area contributed by atoms with Gasteiger partial charge in [-0.3, -0.25) is 0 Å². The molecule has 1 nitrogen and oxygen atoms in total. The highest BCUT2D eigenvalue weighted by atomic mass is 14.7. The molecule has 2 aromatic carbocycles. The van der Waals surface area contributed by atoms with E-state index in [4.69, 9.17) is 0 Å². The second kappa shape index (κ2) is 5.08. The minimum atomic E-state index is 0.557. The van der Waals surface area contributed by atoms with Gasteiger partial charge in [0, 0.05) is 21.8 Å². The first-order valence-corrected chi connectivity index (χ1v) is 7.13. The number of H-pyrrole nitrogens is 1. The quantitative estimate of drug-likeness (QED) is 0.635. The van der Waals surface area contributed by atoms with Crippen molar-refractivity contribution in [3.63, 3.8) is 0 Å². The molecule has 1 heterocycles. The zero-order valence-corrected chi connectivity index (χ0v) is 11.4. The van der Waals surface area contributed by atoms with E-state index in [1.807, 2.05) is 0 Å². The third-order valence-electron chi connectivity index (χ3n) is 4.00. The highest BCUT2D eigenvalue weighted by Gasteiger charge is 2.14. The minimum Gasteiger partial charge on any atom is -0.354 e. The van der Waals surface area contributed by atoms with Crippen LogP contribution in [-0.2, 0) is 0 Å². The van der Waals surface area contributed by atoms with Crippen LogP contribution in [0.4, 0.5) is 0 Å². The third kappa shape index (κ3) is 2.03. The van der Waals surface area contributed by atoms with Crippen molar-refractivity contribution < 1.29 is 0 Å². The Bertz CT molecular complexity index is 693. The Morgan fingerprint density at radius 3 is 2.63 bits per heavy atom. The third-order valence-corrected chi connectivity index (χ3v) is 4.00. The SMILES string of the molecule is [CH2]CC(CCC)c1cccc2c1[nH]c1ccccc12. The van der Waals surface area contributed by atoms with Crippen LogP contribution in [0.5, 0.6) is 0 Å². The number of fused-ring (bicyclic) bond motifs is 3. The van der Waals surface area contributed by atoms with Gasteiger partial charge < -0.3 is 4.98 Å². The number of nitrogens with one attached hydrogen (secondary N) is 1.